The maximum absolute atomic E-state index is 10.5. The summed E-state index contributed by atoms with van der Waals surface area (Å²) >= 11 is 0. The Morgan fingerprint density at radius 2 is 1.89 bits per heavy atom. The molecule has 1 aromatic rings. The van der Waals surface area contributed by atoms with Crippen LogP contribution in [0, 0.1) is 0 Å². The van der Waals surface area contributed by atoms with Crippen LogP contribution >= 0.6 is 0 Å². The Bertz CT molecular complexity index is 455. The second kappa shape index (κ2) is 6.84. The Morgan fingerprint density at radius 3 is 2.39 bits per heavy atom. The third-order valence-electron chi connectivity index (χ3n) is 2.69. The topological polar surface area (TPSA) is 86.6 Å². The molecule has 1 atom stereocenters. The van der Waals surface area contributed by atoms with Gasteiger partial charge in [0.25, 0.3) is 10.1 Å². The van der Waals surface area contributed by atoms with E-state index in [2.05, 4.69) is 5.32 Å². The molecule has 0 heterocycles. The van der Waals surface area contributed by atoms with E-state index in [9.17, 15) is 8.42 Å². The highest BCUT2D eigenvalue weighted by Crippen LogP contribution is 2.13. The molecular weight excluding hydrogens is 254 g/mol. The van der Waals surface area contributed by atoms with Crippen molar-refractivity contribution in [1.29, 1.82) is 0 Å². The second-order valence-electron chi connectivity index (χ2n) is 4.22. The molecule has 102 valence electrons. The molecule has 0 radical (unpaired) electrons. The average Bonchev–Trinajstić information content (AvgIpc) is 2.33. The van der Waals surface area contributed by atoms with Crippen LogP contribution < -0.4 is 5.32 Å². The maximum atomic E-state index is 10.5. The van der Waals surface area contributed by atoms with Crippen LogP contribution in [0.1, 0.15) is 30.5 Å². The first-order valence-electron chi connectivity index (χ1n) is 5.80. The van der Waals surface area contributed by atoms with Crippen molar-refractivity contribution < 1.29 is 18.1 Å². The number of aliphatic hydroxyl groups is 1. The van der Waals surface area contributed by atoms with Gasteiger partial charge in [0, 0.05) is 6.04 Å². The number of hydrogen-bond donors (Lipinski definition) is 3. The van der Waals surface area contributed by atoms with E-state index in [0.717, 1.165) is 11.1 Å². The lowest BCUT2D eigenvalue weighted by Crippen LogP contribution is -2.21. The maximum Gasteiger partial charge on any atom is 0.264 e. The van der Waals surface area contributed by atoms with Crippen molar-refractivity contribution in [3.05, 3.63) is 35.4 Å². The first-order chi connectivity index (χ1) is 8.42. The van der Waals surface area contributed by atoms with E-state index in [1.54, 1.807) is 0 Å². The number of benzene rings is 1. The smallest absolute Gasteiger partial charge is 0.264 e. The zero-order chi connectivity index (χ0) is 13.6. The van der Waals surface area contributed by atoms with Crippen LogP contribution in [-0.4, -0.2) is 30.4 Å². The minimum Gasteiger partial charge on any atom is -0.392 e. The van der Waals surface area contributed by atoms with Gasteiger partial charge in [0.05, 0.1) is 12.4 Å². The van der Waals surface area contributed by atoms with Crippen molar-refractivity contribution in [2.45, 2.75) is 26.0 Å². The minimum absolute atomic E-state index is 0.0243. The van der Waals surface area contributed by atoms with Crippen molar-refractivity contribution in [3.63, 3.8) is 0 Å². The van der Waals surface area contributed by atoms with Gasteiger partial charge in [-0.3, -0.25) is 4.55 Å². The molecule has 0 aliphatic carbocycles. The number of aliphatic hydroxyl groups excluding tert-OH is 1. The lowest BCUT2D eigenvalue weighted by Gasteiger charge is -2.14. The Hall–Kier alpha value is -0.950. The van der Waals surface area contributed by atoms with E-state index in [1.165, 1.54) is 0 Å². The molecule has 0 aliphatic heterocycles. The third-order valence-corrected chi connectivity index (χ3v) is 3.50. The molecule has 6 heteroatoms. The number of hydrogen-bond acceptors (Lipinski definition) is 4. The van der Waals surface area contributed by atoms with Crippen molar-refractivity contribution in [1.82, 2.24) is 5.32 Å². The van der Waals surface area contributed by atoms with Crippen molar-refractivity contribution in [2.24, 2.45) is 0 Å². The van der Waals surface area contributed by atoms with Gasteiger partial charge in [-0.2, -0.15) is 8.42 Å². The van der Waals surface area contributed by atoms with E-state index in [1.807, 2.05) is 31.2 Å². The Labute approximate surface area is 108 Å². The average molecular weight is 273 g/mol. The molecule has 0 saturated carbocycles. The van der Waals surface area contributed by atoms with Crippen LogP contribution in [0.3, 0.4) is 0 Å². The molecule has 3 N–H and O–H groups in total. The van der Waals surface area contributed by atoms with E-state index in [0.29, 0.717) is 13.0 Å². The highest BCUT2D eigenvalue weighted by Gasteiger charge is 2.06. The van der Waals surface area contributed by atoms with Gasteiger partial charge in [0.2, 0.25) is 0 Å². The van der Waals surface area contributed by atoms with Gasteiger partial charge in [0.15, 0.2) is 0 Å². The fraction of sp³-hybridized carbons (Fsp3) is 0.500. The summed E-state index contributed by atoms with van der Waals surface area (Å²) in [4.78, 5) is 0. The second-order valence-corrected chi connectivity index (χ2v) is 5.79. The molecule has 0 saturated heterocycles. The minimum atomic E-state index is -3.86. The summed E-state index contributed by atoms with van der Waals surface area (Å²) in [6.45, 7) is 2.51. The fourth-order valence-corrected chi connectivity index (χ4v) is 2.11. The lowest BCUT2D eigenvalue weighted by molar-refractivity contribution is 0.282. The molecule has 1 aromatic carbocycles. The summed E-state index contributed by atoms with van der Waals surface area (Å²) in [5, 5.41) is 12.1. The summed E-state index contributed by atoms with van der Waals surface area (Å²) in [5.74, 6) is -0.226. The normalized spacial score (nSPS) is 13.5. The number of rotatable bonds is 7. The van der Waals surface area contributed by atoms with E-state index in [-0.39, 0.29) is 18.4 Å². The van der Waals surface area contributed by atoms with E-state index in [4.69, 9.17) is 9.66 Å². The SMILES string of the molecule is C[C@@H](NCCCS(=O)(=O)O)c1ccc(CO)cc1. The molecule has 0 unspecified atom stereocenters. The Morgan fingerprint density at radius 1 is 1.28 bits per heavy atom. The molecule has 0 spiro atoms. The molecule has 0 aromatic heterocycles. The molecule has 0 aliphatic rings. The summed E-state index contributed by atoms with van der Waals surface area (Å²) in [7, 11) is -3.86. The first kappa shape index (κ1) is 15.1. The summed E-state index contributed by atoms with van der Waals surface area (Å²) in [5.41, 5.74) is 1.93. The molecule has 18 heavy (non-hydrogen) atoms. The molecule has 1 rings (SSSR count). The largest absolute Gasteiger partial charge is 0.392 e. The molecular formula is C12H19NO4S. The van der Waals surface area contributed by atoms with Crippen LogP contribution in [0.4, 0.5) is 0 Å². The Balaban J connectivity index is 2.38. The van der Waals surface area contributed by atoms with Crippen LogP contribution in [-0.2, 0) is 16.7 Å². The van der Waals surface area contributed by atoms with Gasteiger partial charge in [-0.1, -0.05) is 24.3 Å². The third kappa shape index (κ3) is 5.59. The van der Waals surface area contributed by atoms with Crippen molar-refractivity contribution in [2.75, 3.05) is 12.3 Å². The molecule has 0 fully saturated rings. The summed E-state index contributed by atoms with van der Waals surface area (Å²) in [6, 6.07) is 7.65. The Kier molecular flexibility index (Phi) is 5.74. The highest BCUT2D eigenvalue weighted by molar-refractivity contribution is 7.85. The van der Waals surface area contributed by atoms with Gasteiger partial charge in [0.1, 0.15) is 0 Å². The van der Waals surface area contributed by atoms with Crippen molar-refractivity contribution >= 4 is 10.1 Å². The van der Waals surface area contributed by atoms with Crippen LogP contribution in [0.5, 0.6) is 0 Å². The lowest BCUT2D eigenvalue weighted by atomic mass is 10.1. The number of nitrogens with one attached hydrogen (secondary N) is 1. The standard InChI is InChI=1S/C12H19NO4S/c1-10(13-7-2-8-18(15,16)17)12-5-3-11(9-14)4-6-12/h3-6,10,13-14H,2,7-9H2,1H3,(H,15,16,17)/t10-/m1/s1. The molecule has 0 bridgehead atoms. The van der Waals surface area contributed by atoms with Gasteiger partial charge in [-0.05, 0) is 31.0 Å². The van der Waals surface area contributed by atoms with E-state index < -0.39 is 10.1 Å². The molecule has 0 amide bonds. The van der Waals surface area contributed by atoms with Gasteiger partial charge >= 0.3 is 0 Å². The zero-order valence-electron chi connectivity index (χ0n) is 10.3. The zero-order valence-corrected chi connectivity index (χ0v) is 11.2. The quantitative estimate of drug-likeness (QED) is 0.512. The van der Waals surface area contributed by atoms with Gasteiger partial charge in [-0.15, -0.1) is 0 Å². The predicted octanol–water partition coefficient (Wildman–Crippen LogP) is 1.11. The summed E-state index contributed by atoms with van der Waals surface area (Å²) in [6.07, 6.45) is 0.373. The van der Waals surface area contributed by atoms with Crippen LogP contribution in [0.2, 0.25) is 0 Å². The van der Waals surface area contributed by atoms with Gasteiger partial charge < -0.3 is 10.4 Å². The van der Waals surface area contributed by atoms with Crippen LogP contribution in [0.15, 0.2) is 24.3 Å². The summed E-state index contributed by atoms with van der Waals surface area (Å²) < 4.78 is 29.6. The molecule has 5 nitrogen and oxygen atoms in total. The monoisotopic (exact) mass is 273 g/mol. The van der Waals surface area contributed by atoms with Crippen molar-refractivity contribution in [3.8, 4) is 0 Å². The van der Waals surface area contributed by atoms with Crippen LogP contribution in [0.25, 0.3) is 0 Å². The van der Waals surface area contributed by atoms with Gasteiger partial charge in [-0.25, -0.2) is 0 Å². The first-order valence-corrected chi connectivity index (χ1v) is 7.41. The predicted molar refractivity (Wildman–Crippen MR) is 69.8 cm³/mol. The fourth-order valence-electron chi connectivity index (χ4n) is 1.60. The van der Waals surface area contributed by atoms with E-state index >= 15 is 0 Å². The highest BCUT2D eigenvalue weighted by atomic mass is 32.2.